The third kappa shape index (κ3) is 1.91. The molecule has 1 rings (SSSR count). The molecule has 64 valence electrons. The van der Waals surface area contributed by atoms with Gasteiger partial charge in [-0.2, -0.15) is 0 Å². The standard InChI is InChI=1S/C7H13NO3/c1-8-3-5-11-6(2-4-9)7(8)10/h6,9H,2-5H2,1H3. The quantitative estimate of drug-likeness (QED) is 0.575. The van der Waals surface area contributed by atoms with Crippen LogP contribution in [0.4, 0.5) is 0 Å². The van der Waals surface area contributed by atoms with E-state index in [1.807, 2.05) is 0 Å². The van der Waals surface area contributed by atoms with Gasteiger partial charge in [0.2, 0.25) is 0 Å². The van der Waals surface area contributed by atoms with Crippen molar-refractivity contribution < 1.29 is 14.6 Å². The summed E-state index contributed by atoms with van der Waals surface area (Å²) in [5.74, 6) is -0.0229. The number of ether oxygens (including phenoxy) is 1. The molecule has 1 N–H and O–H groups in total. The van der Waals surface area contributed by atoms with E-state index in [-0.39, 0.29) is 12.5 Å². The average Bonchev–Trinajstić information content (AvgIpc) is 1.99. The van der Waals surface area contributed by atoms with Gasteiger partial charge in [-0.1, -0.05) is 0 Å². The summed E-state index contributed by atoms with van der Waals surface area (Å²) in [4.78, 5) is 12.8. The molecule has 0 bridgehead atoms. The highest BCUT2D eigenvalue weighted by atomic mass is 16.5. The second-order valence-electron chi connectivity index (χ2n) is 2.63. The van der Waals surface area contributed by atoms with E-state index in [2.05, 4.69) is 0 Å². The van der Waals surface area contributed by atoms with Crippen molar-refractivity contribution in [3.63, 3.8) is 0 Å². The van der Waals surface area contributed by atoms with Crippen LogP contribution in [0.15, 0.2) is 0 Å². The van der Waals surface area contributed by atoms with E-state index in [0.717, 1.165) is 0 Å². The fourth-order valence-electron chi connectivity index (χ4n) is 1.08. The molecule has 0 aromatic carbocycles. The molecule has 0 saturated carbocycles. The summed E-state index contributed by atoms with van der Waals surface area (Å²) in [6, 6.07) is 0. The number of morpholine rings is 1. The third-order valence-electron chi connectivity index (χ3n) is 1.79. The molecule has 1 saturated heterocycles. The van der Waals surface area contributed by atoms with Crippen LogP contribution in [-0.4, -0.2) is 48.8 Å². The highest BCUT2D eigenvalue weighted by Gasteiger charge is 2.26. The Bertz CT molecular complexity index is 147. The first-order valence-corrected chi connectivity index (χ1v) is 3.73. The number of rotatable bonds is 2. The highest BCUT2D eigenvalue weighted by Crippen LogP contribution is 2.07. The molecule has 1 aliphatic heterocycles. The number of aliphatic hydroxyl groups is 1. The van der Waals surface area contributed by atoms with Crippen LogP contribution in [0.25, 0.3) is 0 Å². The summed E-state index contributed by atoms with van der Waals surface area (Å²) in [7, 11) is 1.75. The molecule has 1 amide bonds. The largest absolute Gasteiger partial charge is 0.396 e. The zero-order valence-corrected chi connectivity index (χ0v) is 6.62. The summed E-state index contributed by atoms with van der Waals surface area (Å²) in [5.41, 5.74) is 0. The lowest BCUT2D eigenvalue weighted by Gasteiger charge is -2.28. The van der Waals surface area contributed by atoms with Gasteiger partial charge in [-0.25, -0.2) is 0 Å². The molecule has 1 fully saturated rings. The van der Waals surface area contributed by atoms with Gasteiger partial charge in [-0.05, 0) is 0 Å². The number of hydrogen-bond donors (Lipinski definition) is 1. The number of hydrogen-bond acceptors (Lipinski definition) is 3. The first-order chi connectivity index (χ1) is 5.25. The zero-order chi connectivity index (χ0) is 8.27. The van der Waals surface area contributed by atoms with Gasteiger partial charge in [-0.15, -0.1) is 0 Å². The molecule has 0 spiro atoms. The number of nitrogens with zero attached hydrogens (tertiary/aromatic N) is 1. The van der Waals surface area contributed by atoms with Crippen LogP contribution >= 0.6 is 0 Å². The minimum Gasteiger partial charge on any atom is -0.396 e. The number of carbonyl (C=O) groups is 1. The van der Waals surface area contributed by atoms with Crippen molar-refractivity contribution >= 4 is 5.91 Å². The monoisotopic (exact) mass is 159 g/mol. The lowest BCUT2D eigenvalue weighted by atomic mass is 10.2. The molecular weight excluding hydrogens is 146 g/mol. The Morgan fingerprint density at radius 3 is 3.18 bits per heavy atom. The molecule has 11 heavy (non-hydrogen) atoms. The molecule has 0 aromatic heterocycles. The van der Waals surface area contributed by atoms with Crippen molar-refractivity contribution in [3.8, 4) is 0 Å². The fraction of sp³-hybridized carbons (Fsp3) is 0.857. The van der Waals surface area contributed by atoms with Gasteiger partial charge in [0.25, 0.3) is 5.91 Å². The molecular formula is C7H13NO3. The van der Waals surface area contributed by atoms with E-state index in [1.54, 1.807) is 11.9 Å². The number of amides is 1. The van der Waals surface area contributed by atoms with Crippen molar-refractivity contribution in [2.75, 3.05) is 26.8 Å². The van der Waals surface area contributed by atoms with Crippen molar-refractivity contribution in [1.29, 1.82) is 0 Å². The molecule has 4 nitrogen and oxygen atoms in total. The van der Waals surface area contributed by atoms with Crippen molar-refractivity contribution in [2.24, 2.45) is 0 Å². The number of likely N-dealkylation sites (N-methyl/N-ethyl adjacent to an activating group) is 1. The smallest absolute Gasteiger partial charge is 0.251 e. The Labute approximate surface area is 65.8 Å². The second-order valence-corrected chi connectivity index (χ2v) is 2.63. The predicted molar refractivity (Wildman–Crippen MR) is 39.1 cm³/mol. The molecule has 0 aliphatic carbocycles. The Morgan fingerprint density at radius 1 is 1.82 bits per heavy atom. The fourth-order valence-corrected chi connectivity index (χ4v) is 1.08. The van der Waals surface area contributed by atoms with Crippen LogP contribution in [0.1, 0.15) is 6.42 Å². The summed E-state index contributed by atoms with van der Waals surface area (Å²) in [6.45, 7) is 1.23. The van der Waals surface area contributed by atoms with E-state index >= 15 is 0 Å². The lowest BCUT2D eigenvalue weighted by molar-refractivity contribution is -0.152. The first-order valence-electron chi connectivity index (χ1n) is 3.73. The van der Waals surface area contributed by atoms with Crippen LogP contribution in [0.3, 0.4) is 0 Å². The van der Waals surface area contributed by atoms with E-state index < -0.39 is 6.10 Å². The Balaban J connectivity index is 2.44. The topological polar surface area (TPSA) is 49.8 Å². The Hall–Kier alpha value is -0.610. The van der Waals surface area contributed by atoms with Gasteiger partial charge >= 0.3 is 0 Å². The molecule has 0 aromatic rings. The molecule has 1 aliphatic rings. The normalized spacial score (nSPS) is 25.8. The summed E-state index contributed by atoms with van der Waals surface area (Å²) in [5, 5.41) is 8.57. The molecule has 1 atom stereocenters. The molecule has 4 heteroatoms. The summed E-state index contributed by atoms with van der Waals surface area (Å²) in [6.07, 6.45) is -0.0119. The van der Waals surface area contributed by atoms with Crippen molar-refractivity contribution in [1.82, 2.24) is 4.90 Å². The van der Waals surface area contributed by atoms with Crippen LogP contribution in [-0.2, 0) is 9.53 Å². The summed E-state index contributed by atoms with van der Waals surface area (Å²) >= 11 is 0. The van der Waals surface area contributed by atoms with Gasteiger partial charge in [0.15, 0.2) is 0 Å². The SMILES string of the molecule is CN1CCOC(CCO)C1=O. The van der Waals surface area contributed by atoms with E-state index in [0.29, 0.717) is 19.6 Å². The van der Waals surface area contributed by atoms with E-state index in [9.17, 15) is 4.79 Å². The Kier molecular flexibility index (Phi) is 2.84. The third-order valence-corrected chi connectivity index (χ3v) is 1.79. The minimum atomic E-state index is -0.418. The van der Waals surface area contributed by atoms with E-state index in [4.69, 9.17) is 9.84 Å². The van der Waals surface area contributed by atoms with Crippen LogP contribution < -0.4 is 0 Å². The zero-order valence-electron chi connectivity index (χ0n) is 6.62. The molecule has 0 radical (unpaired) electrons. The lowest BCUT2D eigenvalue weighted by Crippen LogP contribution is -2.45. The Morgan fingerprint density at radius 2 is 2.55 bits per heavy atom. The van der Waals surface area contributed by atoms with Crippen molar-refractivity contribution in [3.05, 3.63) is 0 Å². The second kappa shape index (κ2) is 3.69. The summed E-state index contributed by atoms with van der Waals surface area (Å²) < 4.78 is 5.15. The van der Waals surface area contributed by atoms with Gasteiger partial charge in [0.05, 0.1) is 6.61 Å². The van der Waals surface area contributed by atoms with Crippen LogP contribution in [0.5, 0.6) is 0 Å². The highest BCUT2D eigenvalue weighted by molar-refractivity contribution is 5.81. The number of carbonyl (C=O) groups excluding carboxylic acids is 1. The van der Waals surface area contributed by atoms with Gasteiger partial charge in [0.1, 0.15) is 6.10 Å². The minimum absolute atomic E-state index is 0.00421. The van der Waals surface area contributed by atoms with Gasteiger partial charge < -0.3 is 14.7 Å². The van der Waals surface area contributed by atoms with E-state index in [1.165, 1.54) is 0 Å². The van der Waals surface area contributed by atoms with Crippen molar-refractivity contribution in [2.45, 2.75) is 12.5 Å². The molecule has 1 heterocycles. The maximum absolute atomic E-state index is 11.2. The van der Waals surface area contributed by atoms with Crippen LogP contribution in [0, 0.1) is 0 Å². The van der Waals surface area contributed by atoms with Gasteiger partial charge in [-0.3, -0.25) is 4.79 Å². The van der Waals surface area contributed by atoms with Gasteiger partial charge in [0, 0.05) is 26.6 Å². The predicted octanol–water partition coefficient (Wildman–Crippen LogP) is -0.774. The molecule has 1 unspecified atom stereocenters. The van der Waals surface area contributed by atoms with Crippen LogP contribution in [0.2, 0.25) is 0 Å². The number of aliphatic hydroxyl groups excluding tert-OH is 1. The maximum atomic E-state index is 11.2. The first kappa shape index (κ1) is 8.49. The maximum Gasteiger partial charge on any atom is 0.251 e. The average molecular weight is 159 g/mol.